The molecular weight excluding hydrogens is 172 g/mol. The third-order valence-electron chi connectivity index (χ3n) is 1.50. The Morgan fingerprint density at radius 1 is 1.46 bits per heavy atom. The second kappa shape index (κ2) is 3.30. The zero-order valence-electron chi connectivity index (χ0n) is 7.18. The van der Waals surface area contributed by atoms with Crippen LogP contribution in [0.3, 0.4) is 0 Å². The van der Waals surface area contributed by atoms with E-state index in [1.165, 1.54) is 0 Å². The largest absolute Gasteiger partial charge is 0.494 e. The minimum absolute atomic E-state index is 0.132. The van der Waals surface area contributed by atoms with Crippen molar-refractivity contribution >= 4 is 0 Å². The Hall–Kier alpha value is -1.78. The normalized spacial score (nSPS) is 9.92. The Bertz CT molecular complexity index is 441. The summed E-state index contributed by atoms with van der Waals surface area (Å²) in [7, 11) is 0. The van der Waals surface area contributed by atoms with Crippen LogP contribution in [0.15, 0.2) is 21.7 Å². The van der Waals surface area contributed by atoms with Gasteiger partial charge in [0.25, 0.3) is 5.56 Å². The highest BCUT2D eigenvalue weighted by molar-refractivity contribution is 5.24. The quantitative estimate of drug-likeness (QED) is 0.557. The molecule has 1 heterocycles. The van der Waals surface area contributed by atoms with E-state index < -0.39 is 17.1 Å². The second-order valence-corrected chi connectivity index (χ2v) is 2.87. The van der Waals surface area contributed by atoms with Gasteiger partial charge in [0.2, 0.25) is 5.88 Å². The summed E-state index contributed by atoms with van der Waals surface area (Å²) >= 11 is 0. The first-order chi connectivity index (χ1) is 6.00. The smallest absolute Gasteiger partial charge is 0.328 e. The van der Waals surface area contributed by atoms with Crippen molar-refractivity contribution in [2.75, 3.05) is 0 Å². The molecule has 0 aliphatic rings. The predicted octanol–water partition coefficient (Wildman–Crippen LogP) is -0.113. The third kappa shape index (κ3) is 2.08. The fourth-order valence-electron chi connectivity index (χ4n) is 0.966. The third-order valence-corrected chi connectivity index (χ3v) is 1.50. The Labute approximate surface area is 73.8 Å². The molecule has 1 aromatic heterocycles. The van der Waals surface area contributed by atoms with Crippen LogP contribution >= 0.6 is 0 Å². The molecule has 0 radical (unpaired) electrons. The summed E-state index contributed by atoms with van der Waals surface area (Å²) < 4.78 is 0. The van der Waals surface area contributed by atoms with Gasteiger partial charge in [-0.3, -0.25) is 14.8 Å². The maximum Gasteiger partial charge on any atom is 0.328 e. The second-order valence-electron chi connectivity index (χ2n) is 2.87. The van der Waals surface area contributed by atoms with Crippen molar-refractivity contribution in [1.82, 2.24) is 9.97 Å². The van der Waals surface area contributed by atoms with Gasteiger partial charge in [-0.15, -0.1) is 0 Å². The summed E-state index contributed by atoms with van der Waals surface area (Å²) in [6.07, 6.45) is 0.248. The molecule has 13 heavy (non-hydrogen) atoms. The number of aromatic nitrogens is 2. The maximum atomic E-state index is 11.1. The fraction of sp³-hybridized carbons (Fsp3) is 0.250. The Balaban J connectivity index is 3.29. The molecule has 0 aliphatic heterocycles. The van der Waals surface area contributed by atoms with Gasteiger partial charge in [0.05, 0.1) is 5.56 Å². The van der Waals surface area contributed by atoms with Crippen LogP contribution in [0.25, 0.3) is 0 Å². The zero-order valence-corrected chi connectivity index (χ0v) is 7.18. The Morgan fingerprint density at radius 3 is 2.54 bits per heavy atom. The van der Waals surface area contributed by atoms with Crippen molar-refractivity contribution in [2.24, 2.45) is 0 Å². The monoisotopic (exact) mass is 182 g/mol. The Kier molecular flexibility index (Phi) is 2.36. The molecule has 70 valence electrons. The van der Waals surface area contributed by atoms with E-state index in [9.17, 15) is 14.7 Å². The van der Waals surface area contributed by atoms with Gasteiger partial charge in [0.15, 0.2) is 0 Å². The van der Waals surface area contributed by atoms with Gasteiger partial charge < -0.3 is 5.11 Å². The average Bonchev–Trinajstić information content (AvgIpc) is 1.96. The van der Waals surface area contributed by atoms with Crippen molar-refractivity contribution < 1.29 is 5.11 Å². The molecule has 5 heteroatoms. The van der Waals surface area contributed by atoms with E-state index in [0.29, 0.717) is 0 Å². The molecule has 5 nitrogen and oxygen atoms in total. The van der Waals surface area contributed by atoms with Crippen LogP contribution in [-0.4, -0.2) is 15.1 Å². The number of aromatic hydroxyl groups is 1. The maximum absolute atomic E-state index is 11.1. The molecule has 0 unspecified atom stereocenters. The molecule has 0 spiro atoms. The SMILES string of the molecule is C=C(C)Cc1c(O)[nH]c(=O)[nH]c1=O. The number of rotatable bonds is 2. The molecule has 0 aromatic carbocycles. The lowest BCUT2D eigenvalue weighted by atomic mass is 10.1. The minimum atomic E-state index is -0.715. The van der Waals surface area contributed by atoms with Crippen LogP contribution in [0.1, 0.15) is 12.5 Å². The topological polar surface area (TPSA) is 85.9 Å². The number of aromatic amines is 2. The van der Waals surface area contributed by atoms with E-state index in [4.69, 9.17) is 0 Å². The summed E-state index contributed by atoms with van der Waals surface area (Å²) in [5.41, 5.74) is -0.433. The number of H-pyrrole nitrogens is 2. The molecule has 3 N–H and O–H groups in total. The van der Waals surface area contributed by atoms with Gasteiger partial charge >= 0.3 is 5.69 Å². The summed E-state index contributed by atoms with van der Waals surface area (Å²) in [5.74, 6) is -0.392. The first kappa shape index (κ1) is 9.31. The summed E-state index contributed by atoms with van der Waals surface area (Å²) in [5, 5.41) is 9.20. The lowest BCUT2D eigenvalue weighted by Gasteiger charge is -2.00. The van der Waals surface area contributed by atoms with E-state index in [1.54, 1.807) is 6.92 Å². The fourth-order valence-corrected chi connectivity index (χ4v) is 0.966. The molecule has 0 aliphatic carbocycles. The van der Waals surface area contributed by atoms with Crippen molar-refractivity contribution in [1.29, 1.82) is 0 Å². The van der Waals surface area contributed by atoms with Gasteiger partial charge in [-0.2, -0.15) is 0 Å². The number of hydrogen-bond acceptors (Lipinski definition) is 3. The predicted molar refractivity (Wildman–Crippen MR) is 47.9 cm³/mol. The van der Waals surface area contributed by atoms with Gasteiger partial charge in [-0.05, 0) is 6.92 Å². The van der Waals surface area contributed by atoms with Crippen molar-refractivity contribution in [3.8, 4) is 5.88 Å². The average molecular weight is 182 g/mol. The molecule has 0 atom stereocenters. The van der Waals surface area contributed by atoms with Gasteiger partial charge in [-0.1, -0.05) is 12.2 Å². The lowest BCUT2D eigenvalue weighted by molar-refractivity contribution is 0.441. The van der Waals surface area contributed by atoms with E-state index in [-0.39, 0.29) is 12.0 Å². The van der Waals surface area contributed by atoms with E-state index in [0.717, 1.165) is 5.57 Å². The molecular formula is C8H10N2O3. The number of nitrogens with one attached hydrogen (secondary N) is 2. The summed E-state index contributed by atoms with van der Waals surface area (Å²) in [4.78, 5) is 25.9. The number of hydrogen-bond donors (Lipinski definition) is 3. The van der Waals surface area contributed by atoms with Crippen molar-refractivity contribution in [3.05, 3.63) is 38.6 Å². The van der Waals surface area contributed by atoms with E-state index in [2.05, 4.69) is 11.6 Å². The van der Waals surface area contributed by atoms with Crippen LogP contribution in [-0.2, 0) is 6.42 Å². The Morgan fingerprint density at radius 2 is 2.08 bits per heavy atom. The first-order valence-corrected chi connectivity index (χ1v) is 3.69. The van der Waals surface area contributed by atoms with Crippen molar-refractivity contribution in [3.63, 3.8) is 0 Å². The van der Waals surface area contributed by atoms with E-state index >= 15 is 0 Å². The molecule has 0 saturated carbocycles. The molecule has 0 amide bonds. The van der Waals surface area contributed by atoms with E-state index in [1.807, 2.05) is 4.98 Å². The summed E-state index contributed by atoms with van der Waals surface area (Å²) in [6.45, 7) is 5.33. The van der Waals surface area contributed by atoms with Crippen LogP contribution in [0.5, 0.6) is 5.88 Å². The molecule has 0 saturated heterocycles. The minimum Gasteiger partial charge on any atom is -0.494 e. The van der Waals surface area contributed by atoms with Gasteiger partial charge in [0, 0.05) is 6.42 Å². The molecule has 0 bridgehead atoms. The first-order valence-electron chi connectivity index (χ1n) is 3.69. The highest BCUT2D eigenvalue weighted by atomic mass is 16.3. The van der Waals surface area contributed by atoms with Gasteiger partial charge in [0.1, 0.15) is 0 Å². The lowest BCUT2D eigenvalue weighted by Crippen LogP contribution is -2.25. The number of allylic oxidation sites excluding steroid dienone is 1. The summed E-state index contributed by atoms with van der Waals surface area (Å²) in [6, 6.07) is 0. The van der Waals surface area contributed by atoms with Crippen LogP contribution < -0.4 is 11.2 Å². The molecule has 1 aromatic rings. The highest BCUT2D eigenvalue weighted by Gasteiger charge is 2.07. The molecule has 0 fully saturated rings. The standard InChI is InChI=1S/C8H10N2O3/c1-4(2)3-5-6(11)9-8(13)10-7(5)12/h1,3H2,2H3,(H3,9,10,11,12,13). The highest BCUT2D eigenvalue weighted by Crippen LogP contribution is 2.08. The van der Waals surface area contributed by atoms with Crippen LogP contribution in [0.4, 0.5) is 0 Å². The van der Waals surface area contributed by atoms with Crippen LogP contribution in [0, 0.1) is 0 Å². The molecule has 1 rings (SSSR count). The van der Waals surface area contributed by atoms with Crippen molar-refractivity contribution in [2.45, 2.75) is 13.3 Å². The van der Waals surface area contributed by atoms with Crippen LogP contribution in [0.2, 0.25) is 0 Å². The zero-order chi connectivity index (χ0) is 10.0. The van der Waals surface area contributed by atoms with Gasteiger partial charge in [-0.25, -0.2) is 4.79 Å².